The van der Waals surface area contributed by atoms with Gasteiger partial charge in [0.25, 0.3) is 0 Å². The van der Waals surface area contributed by atoms with Crippen molar-refractivity contribution in [1.29, 1.82) is 0 Å². The van der Waals surface area contributed by atoms with Crippen LogP contribution in [0.1, 0.15) is 26.7 Å². The van der Waals surface area contributed by atoms with E-state index in [2.05, 4.69) is 17.1 Å². The number of carbonyl (C=O) groups is 1. The van der Waals surface area contributed by atoms with Crippen LogP contribution in [0.3, 0.4) is 0 Å². The van der Waals surface area contributed by atoms with Gasteiger partial charge in [0.05, 0.1) is 11.7 Å². The van der Waals surface area contributed by atoms with Gasteiger partial charge in [-0.1, -0.05) is 18.5 Å². The Morgan fingerprint density at radius 2 is 2.30 bits per heavy atom. The Morgan fingerprint density at radius 3 is 3.00 bits per heavy atom. The number of likely N-dealkylation sites (tertiary alicyclic amines) is 1. The third-order valence-electron chi connectivity index (χ3n) is 3.80. The molecule has 1 aliphatic rings. The molecule has 5 heteroatoms. The summed E-state index contributed by atoms with van der Waals surface area (Å²) in [6.07, 6.45) is 2.30. The molecule has 1 N–H and O–H groups in total. The minimum absolute atomic E-state index is 0.138. The van der Waals surface area contributed by atoms with Gasteiger partial charge in [0.15, 0.2) is 0 Å². The molecular weight excluding hydrogens is 279 g/mol. The fraction of sp³-hybridized carbons (Fsp3) is 0.533. The quantitative estimate of drug-likeness (QED) is 0.926. The van der Waals surface area contributed by atoms with Crippen LogP contribution in [-0.4, -0.2) is 29.9 Å². The summed E-state index contributed by atoms with van der Waals surface area (Å²) in [5.41, 5.74) is 0.138. The standard InChI is InChI=1S/C15H20ClFN2O/c1-10-4-3-7-19(9-10)11(2)15(20)18-14-8-12(16)5-6-13(14)17/h5-6,8,10-11H,3-4,7,9H2,1-2H3,(H,18,20). The van der Waals surface area contributed by atoms with E-state index in [1.807, 2.05) is 6.92 Å². The smallest absolute Gasteiger partial charge is 0.241 e. The third kappa shape index (κ3) is 3.70. The minimum atomic E-state index is -0.470. The molecule has 2 rings (SSSR count). The molecule has 0 spiro atoms. The van der Waals surface area contributed by atoms with Crippen molar-refractivity contribution in [3.8, 4) is 0 Å². The molecule has 1 aromatic carbocycles. The Bertz CT molecular complexity index is 495. The van der Waals surface area contributed by atoms with Gasteiger partial charge in [0, 0.05) is 11.6 Å². The second-order valence-electron chi connectivity index (χ2n) is 5.53. The second kappa shape index (κ2) is 6.55. The lowest BCUT2D eigenvalue weighted by Crippen LogP contribution is -2.46. The van der Waals surface area contributed by atoms with E-state index in [-0.39, 0.29) is 17.6 Å². The molecule has 0 aromatic heterocycles. The summed E-state index contributed by atoms with van der Waals surface area (Å²) in [5.74, 6) is -0.0656. The van der Waals surface area contributed by atoms with Gasteiger partial charge in [-0.3, -0.25) is 9.69 Å². The van der Waals surface area contributed by atoms with E-state index in [1.54, 1.807) is 0 Å². The molecule has 1 aromatic rings. The fourth-order valence-corrected chi connectivity index (χ4v) is 2.75. The SMILES string of the molecule is CC1CCCN(C(C)C(=O)Nc2cc(Cl)ccc2F)C1. The maximum Gasteiger partial charge on any atom is 0.241 e. The minimum Gasteiger partial charge on any atom is -0.322 e. The number of amides is 1. The van der Waals surface area contributed by atoms with Crippen LogP contribution < -0.4 is 5.32 Å². The van der Waals surface area contributed by atoms with E-state index < -0.39 is 5.82 Å². The lowest BCUT2D eigenvalue weighted by atomic mass is 9.99. The van der Waals surface area contributed by atoms with Gasteiger partial charge < -0.3 is 5.32 Å². The molecule has 0 bridgehead atoms. The van der Waals surface area contributed by atoms with E-state index >= 15 is 0 Å². The van der Waals surface area contributed by atoms with Crippen LogP contribution in [0.5, 0.6) is 0 Å². The molecule has 1 aliphatic heterocycles. The summed E-state index contributed by atoms with van der Waals surface area (Å²) in [4.78, 5) is 14.4. The first-order valence-corrected chi connectivity index (χ1v) is 7.35. The molecule has 2 atom stereocenters. The number of hydrogen-bond donors (Lipinski definition) is 1. The number of hydrogen-bond acceptors (Lipinski definition) is 2. The first-order chi connectivity index (χ1) is 9.47. The molecule has 0 radical (unpaired) electrons. The topological polar surface area (TPSA) is 32.3 Å². The van der Waals surface area contributed by atoms with Crippen LogP contribution in [0.2, 0.25) is 5.02 Å². The summed E-state index contributed by atoms with van der Waals surface area (Å²) in [6.45, 7) is 5.87. The zero-order valence-corrected chi connectivity index (χ0v) is 12.6. The molecule has 2 unspecified atom stereocenters. The van der Waals surface area contributed by atoms with Crippen LogP contribution in [0.4, 0.5) is 10.1 Å². The van der Waals surface area contributed by atoms with Crippen molar-refractivity contribution in [2.24, 2.45) is 5.92 Å². The van der Waals surface area contributed by atoms with E-state index in [0.29, 0.717) is 10.9 Å². The molecule has 0 saturated carbocycles. The first-order valence-electron chi connectivity index (χ1n) is 6.97. The zero-order chi connectivity index (χ0) is 14.7. The number of benzene rings is 1. The molecule has 20 heavy (non-hydrogen) atoms. The maximum absolute atomic E-state index is 13.6. The largest absolute Gasteiger partial charge is 0.322 e. The average Bonchev–Trinajstić information content (AvgIpc) is 2.42. The average molecular weight is 299 g/mol. The highest BCUT2D eigenvalue weighted by Gasteiger charge is 2.26. The summed E-state index contributed by atoms with van der Waals surface area (Å²) < 4.78 is 13.6. The molecule has 1 heterocycles. The van der Waals surface area contributed by atoms with E-state index in [9.17, 15) is 9.18 Å². The van der Waals surface area contributed by atoms with Crippen LogP contribution >= 0.6 is 11.6 Å². The van der Waals surface area contributed by atoms with Gasteiger partial charge in [-0.05, 0) is 50.4 Å². The van der Waals surface area contributed by atoms with Crippen molar-refractivity contribution in [3.63, 3.8) is 0 Å². The Morgan fingerprint density at radius 1 is 1.55 bits per heavy atom. The number of carbonyl (C=O) groups excluding carboxylic acids is 1. The monoisotopic (exact) mass is 298 g/mol. The zero-order valence-electron chi connectivity index (χ0n) is 11.8. The summed E-state index contributed by atoms with van der Waals surface area (Å²) >= 11 is 5.82. The number of nitrogens with one attached hydrogen (secondary N) is 1. The number of halogens is 2. The molecule has 110 valence electrons. The lowest BCUT2D eigenvalue weighted by molar-refractivity contribution is -0.121. The normalized spacial score (nSPS) is 21.5. The van der Waals surface area contributed by atoms with Crippen LogP contribution in [0.15, 0.2) is 18.2 Å². The van der Waals surface area contributed by atoms with Crippen molar-refractivity contribution in [1.82, 2.24) is 4.90 Å². The Kier molecular flexibility index (Phi) is 5.00. The van der Waals surface area contributed by atoms with Crippen LogP contribution in [0, 0.1) is 11.7 Å². The van der Waals surface area contributed by atoms with Crippen molar-refractivity contribution in [2.45, 2.75) is 32.7 Å². The molecule has 0 aliphatic carbocycles. The van der Waals surface area contributed by atoms with E-state index in [1.165, 1.54) is 24.6 Å². The van der Waals surface area contributed by atoms with Gasteiger partial charge >= 0.3 is 0 Å². The maximum atomic E-state index is 13.6. The highest BCUT2D eigenvalue weighted by molar-refractivity contribution is 6.30. The fourth-order valence-electron chi connectivity index (χ4n) is 2.57. The predicted molar refractivity (Wildman–Crippen MR) is 79.5 cm³/mol. The van der Waals surface area contributed by atoms with E-state index in [0.717, 1.165) is 19.5 Å². The first kappa shape index (κ1) is 15.3. The lowest BCUT2D eigenvalue weighted by Gasteiger charge is -2.34. The van der Waals surface area contributed by atoms with Gasteiger partial charge in [-0.2, -0.15) is 0 Å². The molecule has 1 saturated heterocycles. The highest BCUT2D eigenvalue weighted by atomic mass is 35.5. The van der Waals surface area contributed by atoms with Gasteiger partial charge in [0.1, 0.15) is 5.82 Å². The summed E-state index contributed by atoms with van der Waals surface area (Å²) in [7, 11) is 0. The van der Waals surface area contributed by atoms with Gasteiger partial charge in [-0.15, -0.1) is 0 Å². The number of rotatable bonds is 3. The van der Waals surface area contributed by atoms with Gasteiger partial charge in [-0.25, -0.2) is 4.39 Å². The molecule has 1 fully saturated rings. The number of nitrogens with zero attached hydrogens (tertiary/aromatic N) is 1. The number of piperidine rings is 1. The van der Waals surface area contributed by atoms with Crippen molar-refractivity contribution in [2.75, 3.05) is 18.4 Å². The Hall–Kier alpha value is -1.13. The summed E-state index contributed by atoms with van der Waals surface area (Å²) in [5, 5.41) is 3.03. The molecule has 3 nitrogen and oxygen atoms in total. The number of anilines is 1. The van der Waals surface area contributed by atoms with Gasteiger partial charge in [0.2, 0.25) is 5.91 Å². The van der Waals surface area contributed by atoms with Crippen molar-refractivity contribution < 1.29 is 9.18 Å². The van der Waals surface area contributed by atoms with Crippen molar-refractivity contribution >= 4 is 23.2 Å². The van der Waals surface area contributed by atoms with Crippen LogP contribution in [-0.2, 0) is 4.79 Å². The second-order valence-corrected chi connectivity index (χ2v) is 5.97. The Labute approximate surface area is 124 Å². The predicted octanol–water partition coefficient (Wildman–Crippen LogP) is 3.54. The summed E-state index contributed by atoms with van der Waals surface area (Å²) in [6, 6.07) is 3.88. The molecule has 1 amide bonds. The highest BCUT2D eigenvalue weighted by Crippen LogP contribution is 2.21. The Balaban J connectivity index is 2.02. The third-order valence-corrected chi connectivity index (χ3v) is 4.04. The van der Waals surface area contributed by atoms with Crippen LogP contribution in [0.25, 0.3) is 0 Å². The molecular formula is C15H20ClFN2O. The van der Waals surface area contributed by atoms with Crippen molar-refractivity contribution in [3.05, 3.63) is 29.0 Å². The van der Waals surface area contributed by atoms with E-state index in [4.69, 9.17) is 11.6 Å².